The van der Waals surface area contributed by atoms with Crippen LogP contribution in [-0.2, 0) is 0 Å². The molecule has 0 saturated heterocycles. The molecule has 4 heteroatoms. The van der Waals surface area contributed by atoms with Gasteiger partial charge in [-0.15, -0.1) is 0 Å². The SMILES string of the molecule is Nc1cccc(Br)c1OCC1COc2ccccc21. The van der Waals surface area contributed by atoms with Gasteiger partial charge in [0.05, 0.1) is 29.3 Å². The first-order chi connectivity index (χ1) is 9.25. The summed E-state index contributed by atoms with van der Waals surface area (Å²) in [6, 6.07) is 13.7. The van der Waals surface area contributed by atoms with Crippen LogP contribution in [0.2, 0.25) is 0 Å². The van der Waals surface area contributed by atoms with Crippen LogP contribution in [0.15, 0.2) is 46.9 Å². The minimum absolute atomic E-state index is 0.253. The van der Waals surface area contributed by atoms with Crippen LogP contribution in [0.3, 0.4) is 0 Å². The molecule has 1 unspecified atom stereocenters. The van der Waals surface area contributed by atoms with E-state index in [-0.39, 0.29) is 5.92 Å². The van der Waals surface area contributed by atoms with Crippen LogP contribution >= 0.6 is 15.9 Å². The average Bonchev–Trinajstić information content (AvgIpc) is 2.82. The van der Waals surface area contributed by atoms with E-state index in [1.165, 1.54) is 5.56 Å². The molecule has 0 bridgehead atoms. The first-order valence-electron chi connectivity index (χ1n) is 6.14. The maximum Gasteiger partial charge on any atom is 0.156 e. The van der Waals surface area contributed by atoms with Crippen molar-refractivity contribution in [3.8, 4) is 11.5 Å². The summed E-state index contributed by atoms with van der Waals surface area (Å²) in [6.07, 6.45) is 0. The third-order valence-corrected chi connectivity index (χ3v) is 3.85. The highest BCUT2D eigenvalue weighted by atomic mass is 79.9. The highest BCUT2D eigenvalue weighted by Crippen LogP contribution is 2.36. The fourth-order valence-corrected chi connectivity index (χ4v) is 2.73. The van der Waals surface area contributed by atoms with Gasteiger partial charge in [0.1, 0.15) is 5.75 Å². The maximum atomic E-state index is 5.91. The zero-order valence-electron chi connectivity index (χ0n) is 10.3. The number of benzene rings is 2. The molecule has 0 saturated carbocycles. The van der Waals surface area contributed by atoms with Crippen molar-refractivity contribution >= 4 is 21.6 Å². The Balaban J connectivity index is 1.75. The summed E-state index contributed by atoms with van der Waals surface area (Å²) in [6.45, 7) is 1.22. The summed E-state index contributed by atoms with van der Waals surface area (Å²) >= 11 is 3.45. The number of hydrogen-bond donors (Lipinski definition) is 1. The molecule has 0 amide bonds. The van der Waals surface area contributed by atoms with Gasteiger partial charge >= 0.3 is 0 Å². The number of halogens is 1. The first kappa shape index (κ1) is 12.4. The molecule has 2 aromatic carbocycles. The van der Waals surface area contributed by atoms with Crippen LogP contribution in [0.1, 0.15) is 11.5 Å². The lowest BCUT2D eigenvalue weighted by molar-refractivity contribution is 0.248. The number of nitrogens with two attached hydrogens (primary N) is 1. The molecule has 0 radical (unpaired) electrons. The molecule has 3 rings (SSSR count). The van der Waals surface area contributed by atoms with Crippen LogP contribution in [0, 0.1) is 0 Å². The second-order valence-electron chi connectivity index (χ2n) is 4.51. The predicted molar refractivity (Wildman–Crippen MR) is 78.7 cm³/mol. The second-order valence-corrected chi connectivity index (χ2v) is 5.37. The molecule has 1 aliphatic rings. The lowest BCUT2D eigenvalue weighted by atomic mass is 10.0. The van der Waals surface area contributed by atoms with Gasteiger partial charge in [0.15, 0.2) is 5.75 Å². The Labute approximate surface area is 120 Å². The van der Waals surface area contributed by atoms with E-state index < -0.39 is 0 Å². The third kappa shape index (κ3) is 2.40. The number of nitrogen functional groups attached to an aromatic ring is 1. The van der Waals surface area contributed by atoms with Gasteiger partial charge < -0.3 is 15.2 Å². The molecule has 98 valence electrons. The van der Waals surface area contributed by atoms with Crippen LogP contribution in [0.5, 0.6) is 11.5 Å². The summed E-state index contributed by atoms with van der Waals surface area (Å²) in [5.41, 5.74) is 7.76. The molecule has 0 fully saturated rings. The van der Waals surface area contributed by atoms with Crippen LogP contribution in [-0.4, -0.2) is 13.2 Å². The molecule has 1 heterocycles. The van der Waals surface area contributed by atoms with Crippen molar-refractivity contribution in [3.63, 3.8) is 0 Å². The molecule has 2 N–H and O–H groups in total. The normalized spacial score (nSPS) is 16.8. The fraction of sp³-hybridized carbons (Fsp3) is 0.200. The van der Waals surface area contributed by atoms with Crippen LogP contribution in [0.4, 0.5) is 5.69 Å². The zero-order valence-corrected chi connectivity index (χ0v) is 11.9. The summed E-state index contributed by atoms with van der Waals surface area (Å²) < 4.78 is 12.4. The summed E-state index contributed by atoms with van der Waals surface area (Å²) in [4.78, 5) is 0. The van der Waals surface area contributed by atoms with E-state index in [0.29, 0.717) is 24.7 Å². The largest absolute Gasteiger partial charge is 0.493 e. The van der Waals surface area contributed by atoms with Gasteiger partial charge in [-0.25, -0.2) is 0 Å². The zero-order chi connectivity index (χ0) is 13.2. The number of hydrogen-bond acceptors (Lipinski definition) is 3. The van der Waals surface area contributed by atoms with Gasteiger partial charge in [0.2, 0.25) is 0 Å². The van der Waals surface area contributed by atoms with Crippen molar-refractivity contribution in [2.75, 3.05) is 18.9 Å². The minimum atomic E-state index is 0.253. The molecule has 1 atom stereocenters. The Hall–Kier alpha value is -1.68. The van der Waals surface area contributed by atoms with Gasteiger partial charge in [-0.1, -0.05) is 24.3 Å². The quantitative estimate of drug-likeness (QED) is 0.879. The van der Waals surface area contributed by atoms with Gasteiger partial charge in [-0.05, 0) is 34.1 Å². The van der Waals surface area contributed by atoms with E-state index in [2.05, 4.69) is 22.0 Å². The summed E-state index contributed by atoms with van der Waals surface area (Å²) in [5, 5.41) is 0. The molecular weight excluding hydrogens is 306 g/mol. The topological polar surface area (TPSA) is 44.5 Å². The molecule has 2 aromatic rings. The van der Waals surface area contributed by atoms with Crippen molar-refractivity contribution in [3.05, 3.63) is 52.5 Å². The summed E-state index contributed by atoms with van der Waals surface area (Å²) in [5.74, 6) is 1.91. The number of anilines is 1. The summed E-state index contributed by atoms with van der Waals surface area (Å²) in [7, 11) is 0. The van der Waals surface area contributed by atoms with Gasteiger partial charge in [-0.3, -0.25) is 0 Å². The fourth-order valence-electron chi connectivity index (χ4n) is 2.23. The lowest BCUT2D eigenvalue weighted by Crippen LogP contribution is -2.12. The smallest absolute Gasteiger partial charge is 0.156 e. The molecule has 0 aromatic heterocycles. The molecule has 1 aliphatic heterocycles. The third-order valence-electron chi connectivity index (χ3n) is 3.23. The molecule has 0 spiro atoms. The van der Waals surface area contributed by atoms with E-state index in [4.69, 9.17) is 15.2 Å². The van der Waals surface area contributed by atoms with Crippen molar-refractivity contribution in [1.82, 2.24) is 0 Å². The minimum Gasteiger partial charge on any atom is -0.493 e. The highest BCUT2D eigenvalue weighted by molar-refractivity contribution is 9.10. The lowest BCUT2D eigenvalue weighted by Gasteiger charge is -2.14. The number of rotatable bonds is 3. The number of para-hydroxylation sites is 2. The Morgan fingerprint density at radius 1 is 1.21 bits per heavy atom. The predicted octanol–water partition coefficient (Wildman–Crippen LogP) is 3.59. The van der Waals surface area contributed by atoms with Gasteiger partial charge in [-0.2, -0.15) is 0 Å². The molecule has 0 aliphatic carbocycles. The standard InChI is InChI=1S/C15H14BrNO2/c16-12-5-3-6-13(17)15(12)19-9-10-8-18-14-7-2-1-4-11(10)14/h1-7,10H,8-9,17H2. The molecule has 19 heavy (non-hydrogen) atoms. The van der Waals surface area contributed by atoms with Crippen molar-refractivity contribution in [1.29, 1.82) is 0 Å². The van der Waals surface area contributed by atoms with E-state index in [9.17, 15) is 0 Å². The Kier molecular flexibility index (Phi) is 3.34. The Morgan fingerprint density at radius 2 is 2.05 bits per heavy atom. The van der Waals surface area contributed by atoms with E-state index in [1.54, 1.807) is 0 Å². The van der Waals surface area contributed by atoms with Gasteiger partial charge in [0, 0.05) is 5.56 Å². The van der Waals surface area contributed by atoms with Crippen LogP contribution in [0.25, 0.3) is 0 Å². The monoisotopic (exact) mass is 319 g/mol. The molecular formula is C15H14BrNO2. The van der Waals surface area contributed by atoms with Gasteiger partial charge in [0.25, 0.3) is 0 Å². The van der Waals surface area contributed by atoms with E-state index >= 15 is 0 Å². The molecule has 3 nitrogen and oxygen atoms in total. The maximum absolute atomic E-state index is 5.91. The second kappa shape index (κ2) is 5.13. The van der Waals surface area contributed by atoms with Crippen molar-refractivity contribution < 1.29 is 9.47 Å². The van der Waals surface area contributed by atoms with E-state index in [0.717, 1.165) is 10.2 Å². The van der Waals surface area contributed by atoms with Crippen molar-refractivity contribution in [2.24, 2.45) is 0 Å². The number of ether oxygens (including phenoxy) is 2. The Bertz CT molecular complexity index is 580. The van der Waals surface area contributed by atoms with Crippen molar-refractivity contribution in [2.45, 2.75) is 5.92 Å². The number of fused-ring (bicyclic) bond motifs is 1. The average molecular weight is 320 g/mol. The first-order valence-corrected chi connectivity index (χ1v) is 6.93. The van der Waals surface area contributed by atoms with Crippen LogP contribution < -0.4 is 15.2 Å². The highest BCUT2D eigenvalue weighted by Gasteiger charge is 2.24. The van der Waals surface area contributed by atoms with E-state index in [1.807, 2.05) is 36.4 Å². The Morgan fingerprint density at radius 3 is 2.89 bits per heavy atom.